The molecule has 2 rings (SSSR count). The van der Waals surface area contributed by atoms with Crippen LogP contribution in [0.4, 0.5) is 0 Å². The third-order valence-corrected chi connectivity index (χ3v) is 4.93. The minimum atomic E-state index is -3.51. The summed E-state index contributed by atoms with van der Waals surface area (Å²) in [4.78, 5) is 16.0. The average molecular weight is 382 g/mol. The topological polar surface area (TPSA) is 79.4 Å². The van der Waals surface area contributed by atoms with Crippen LogP contribution in [-0.2, 0) is 27.8 Å². The van der Waals surface area contributed by atoms with E-state index in [0.717, 1.165) is 21.7 Å². The maximum Gasteiger partial charge on any atom is 0.235 e. The maximum absolute atomic E-state index is 12.1. The van der Waals surface area contributed by atoms with Crippen molar-refractivity contribution in [1.82, 2.24) is 14.6 Å². The number of pyridine rings is 1. The fourth-order valence-corrected chi connectivity index (χ4v) is 3.19. The van der Waals surface area contributed by atoms with Gasteiger partial charge in [0.05, 0.1) is 12.8 Å². The summed E-state index contributed by atoms with van der Waals surface area (Å²) in [5.41, 5.74) is 1.72. The number of halogens is 1. The Morgan fingerprint density at radius 3 is 2.64 bits per heavy atom. The molecule has 0 radical (unpaired) electrons. The summed E-state index contributed by atoms with van der Waals surface area (Å²) in [6, 6.07) is 10.9. The molecule has 0 spiro atoms. The third kappa shape index (κ3) is 6.81. The molecule has 0 aliphatic heterocycles. The van der Waals surface area contributed by atoms with E-state index in [1.807, 2.05) is 18.2 Å². The Balaban J connectivity index is 1.89. The molecule has 25 heavy (non-hydrogen) atoms. The molecule has 1 heterocycles. The molecule has 0 bridgehead atoms. The van der Waals surface area contributed by atoms with Crippen molar-refractivity contribution in [3.8, 4) is 0 Å². The van der Waals surface area contributed by atoms with Gasteiger partial charge in [-0.3, -0.25) is 9.78 Å². The van der Waals surface area contributed by atoms with Crippen LogP contribution in [-0.4, -0.2) is 43.0 Å². The lowest BCUT2D eigenvalue weighted by Gasteiger charge is -2.19. The number of aromatic nitrogens is 1. The summed E-state index contributed by atoms with van der Waals surface area (Å²) in [5.74, 6) is -0.351. The predicted octanol–water partition coefficient (Wildman–Crippen LogP) is 1.86. The van der Waals surface area contributed by atoms with Crippen LogP contribution in [0.2, 0.25) is 5.02 Å². The Morgan fingerprint density at radius 1 is 1.24 bits per heavy atom. The lowest BCUT2D eigenvalue weighted by Crippen LogP contribution is -2.40. The normalized spacial score (nSPS) is 11.5. The molecule has 1 amide bonds. The van der Waals surface area contributed by atoms with Gasteiger partial charge >= 0.3 is 0 Å². The first-order valence-corrected chi connectivity index (χ1v) is 9.92. The van der Waals surface area contributed by atoms with Gasteiger partial charge in [0, 0.05) is 30.5 Å². The van der Waals surface area contributed by atoms with E-state index >= 15 is 0 Å². The second kappa shape index (κ2) is 8.94. The van der Waals surface area contributed by atoms with E-state index in [1.165, 1.54) is 0 Å². The number of carbonyl (C=O) groups excluding carboxylic acids is 1. The van der Waals surface area contributed by atoms with E-state index in [-0.39, 0.29) is 19.0 Å². The molecule has 8 heteroatoms. The van der Waals surface area contributed by atoms with E-state index in [9.17, 15) is 13.2 Å². The van der Waals surface area contributed by atoms with Crippen LogP contribution in [0, 0.1) is 0 Å². The van der Waals surface area contributed by atoms with E-state index in [1.54, 1.807) is 30.6 Å². The van der Waals surface area contributed by atoms with Gasteiger partial charge in [0.2, 0.25) is 15.9 Å². The third-order valence-electron chi connectivity index (χ3n) is 3.50. The smallest absolute Gasteiger partial charge is 0.235 e. The predicted molar refractivity (Wildman–Crippen MR) is 97.7 cm³/mol. The van der Waals surface area contributed by atoms with E-state index in [4.69, 9.17) is 11.6 Å². The Bertz CT molecular complexity index is 813. The first-order chi connectivity index (χ1) is 11.8. The molecule has 0 saturated carbocycles. The second-order valence-electron chi connectivity index (χ2n) is 5.62. The lowest BCUT2D eigenvalue weighted by atomic mass is 10.1. The van der Waals surface area contributed by atoms with Crippen LogP contribution in [0.5, 0.6) is 0 Å². The van der Waals surface area contributed by atoms with Crippen molar-refractivity contribution >= 4 is 27.5 Å². The maximum atomic E-state index is 12.1. The lowest BCUT2D eigenvalue weighted by molar-refractivity contribution is -0.121. The Labute approximate surface area is 152 Å². The highest BCUT2D eigenvalue weighted by molar-refractivity contribution is 7.88. The van der Waals surface area contributed by atoms with Crippen molar-refractivity contribution in [2.24, 2.45) is 0 Å². The van der Waals surface area contributed by atoms with Gasteiger partial charge in [-0.05, 0) is 35.7 Å². The van der Waals surface area contributed by atoms with Gasteiger partial charge in [-0.15, -0.1) is 0 Å². The first-order valence-electron chi connectivity index (χ1n) is 7.70. The van der Waals surface area contributed by atoms with Crippen molar-refractivity contribution in [1.29, 1.82) is 0 Å². The van der Waals surface area contributed by atoms with E-state index in [0.29, 0.717) is 18.0 Å². The van der Waals surface area contributed by atoms with Crippen molar-refractivity contribution in [3.63, 3.8) is 0 Å². The minimum Gasteiger partial charge on any atom is -0.355 e. The molecule has 1 aromatic carbocycles. The SMILES string of the molecule is CS(=O)(=O)N(CC(=O)NCCc1cccc(Cl)c1)Cc1cccnc1. The number of nitrogens with zero attached hydrogens (tertiary/aromatic N) is 2. The monoisotopic (exact) mass is 381 g/mol. The number of sulfonamides is 1. The van der Waals surface area contributed by atoms with Gasteiger partial charge in [0.15, 0.2) is 0 Å². The highest BCUT2D eigenvalue weighted by atomic mass is 35.5. The highest BCUT2D eigenvalue weighted by Crippen LogP contribution is 2.11. The molecular weight excluding hydrogens is 362 g/mol. The number of hydrogen-bond acceptors (Lipinski definition) is 4. The fourth-order valence-electron chi connectivity index (χ4n) is 2.24. The molecule has 0 saturated heterocycles. The summed E-state index contributed by atoms with van der Waals surface area (Å²) in [6.07, 6.45) is 4.89. The largest absolute Gasteiger partial charge is 0.355 e. The molecule has 1 N–H and O–H groups in total. The van der Waals surface area contributed by atoms with E-state index < -0.39 is 10.0 Å². The van der Waals surface area contributed by atoms with Gasteiger partial charge in [-0.2, -0.15) is 4.31 Å². The summed E-state index contributed by atoms with van der Waals surface area (Å²) < 4.78 is 25.0. The zero-order valence-corrected chi connectivity index (χ0v) is 15.4. The standard InChI is InChI=1S/C17H20ClN3O3S/c1-25(23,24)21(12-15-5-3-8-19-11-15)13-17(22)20-9-7-14-4-2-6-16(18)10-14/h2-6,8,10-11H,7,9,12-13H2,1H3,(H,20,22). The van der Waals surface area contributed by atoms with Crippen LogP contribution in [0.1, 0.15) is 11.1 Å². The van der Waals surface area contributed by atoms with E-state index in [2.05, 4.69) is 10.3 Å². The van der Waals surface area contributed by atoms with Crippen LogP contribution >= 0.6 is 11.6 Å². The molecule has 0 fully saturated rings. The zero-order valence-electron chi connectivity index (χ0n) is 13.9. The molecular formula is C17H20ClN3O3S. The number of benzene rings is 1. The van der Waals surface area contributed by atoms with Crippen LogP contribution in [0.25, 0.3) is 0 Å². The van der Waals surface area contributed by atoms with Gasteiger partial charge in [0.1, 0.15) is 0 Å². The number of nitrogens with one attached hydrogen (secondary N) is 1. The van der Waals surface area contributed by atoms with Crippen molar-refractivity contribution in [2.75, 3.05) is 19.3 Å². The highest BCUT2D eigenvalue weighted by Gasteiger charge is 2.20. The van der Waals surface area contributed by atoms with Gasteiger partial charge < -0.3 is 5.32 Å². The molecule has 134 valence electrons. The Morgan fingerprint density at radius 2 is 2.00 bits per heavy atom. The van der Waals surface area contributed by atoms with Gasteiger partial charge in [-0.1, -0.05) is 29.8 Å². The molecule has 0 atom stereocenters. The first kappa shape index (κ1) is 19.4. The summed E-state index contributed by atoms with van der Waals surface area (Å²) in [7, 11) is -3.51. The molecule has 2 aromatic rings. The average Bonchev–Trinajstić information content (AvgIpc) is 2.54. The van der Waals surface area contributed by atoms with Gasteiger partial charge in [0.25, 0.3) is 0 Å². The van der Waals surface area contributed by atoms with Crippen LogP contribution in [0.3, 0.4) is 0 Å². The van der Waals surface area contributed by atoms with Crippen molar-refractivity contribution in [3.05, 3.63) is 64.9 Å². The summed E-state index contributed by atoms with van der Waals surface area (Å²) >= 11 is 5.92. The minimum absolute atomic E-state index is 0.106. The molecule has 6 nitrogen and oxygen atoms in total. The molecule has 0 unspecified atom stereocenters. The molecule has 0 aliphatic carbocycles. The second-order valence-corrected chi connectivity index (χ2v) is 8.04. The van der Waals surface area contributed by atoms with Crippen molar-refractivity contribution < 1.29 is 13.2 Å². The van der Waals surface area contributed by atoms with Gasteiger partial charge in [-0.25, -0.2) is 8.42 Å². The zero-order chi connectivity index (χ0) is 18.3. The Hall–Kier alpha value is -1.96. The molecule has 1 aromatic heterocycles. The number of amides is 1. The number of hydrogen-bond donors (Lipinski definition) is 1. The summed E-state index contributed by atoms with van der Waals surface area (Å²) in [6.45, 7) is 0.279. The van der Waals surface area contributed by atoms with Crippen LogP contribution in [0.15, 0.2) is 48.8 Å². The Kier molecular flexibility index (Phi) is 6.92. The van der Waals surface area contributed by atoms with Crippen molar-refractivity contribution in [2.45, 2.75) is 13.0 Å². The molecule has 0 aliphatic rings. The fraction of sp³-hybridized carbons (Fsp3) is 0.294. The number of carbonyl (C=O) groups is 1. The number of rotatable bonds is 8. The van der Waals surface area contributed by atoms with Crippen LogP contribution < -0.4 is 5.32 Å². The summed E-state index contributed by atoms with van der Waals surface area (Å²) in [5, 5.41) is 3.38. The quantitative estimate of drug-likeness (QED) is 0.756.